The fraction of sp³-hybridized carbons (Fsp3) is 0.500. The minimum Gasteiger partial charge on any atom is -0.271 e. The van der Waals surface area contributed by atoms with Gasteiger partial charge in [0.1, 0.15) is 0 Å². The molecule has 1 aromatic rings. The first kappa shape index (κ1) is 11.2. The lowest BCUT2D eigenvalue weighted by Gasteiger charge is -2.35. The topological polar surface area (TPSA) is 38.0 Å². The van der Waals surface area contributed by atoms with Gasteiger partial charge in [-0.3, -0.25) is 5.84 Å². The number of rotatable bonds is 4. The first-order valence-corrected chi connectivity index (χ1v) is 5.18. The maximum atomic E-state index is 5.67. The van der Waals surface area contributed by atoms with Gasteiger partial charge >= 0.3 is 0 Å². The summed E-state index contributed by atoms with van der Waals surface area (Å²) in [5.74, 6) is 6.17. The Labute approximate surface area is 86.5 Å². The molecule has 0 spiro atoms. The normalized spacial score (nSPS) is 17.4. The van der Waals surface area contributed by atoms with Crippen LogP contribution in [0.2, 0.25) is 0 Å². The molecule has 78 valence electrons. The van der Waals surface area contributed by atoms with Crippen LogP contribution in [0.1, 0.15) is 32.8 Å². The molecule has 0 amide bonds. The van der Waals surface area contributed by atoms with E-state index in [1.807, 2.05) is 18.2 Å². The summed E-state index contributed by atoms with van der Waals surface area (Å²) in [6, 6.07) is 10.4. The highest BCUT2D eigenvalue weighted by Crippen LogP contribution is 2.30. The van der Waals surface area contributed by atoms with E-state index in [0.29, 0.717) is 5.92 Å². The fourth-order valence-corrected chi connectivity index (χ4v) is 1.70. The van der Waals surface area contributed by atoms with Crippen LogP contribution in [0.5, 0.6) is 0 Å². The van der Waals surface area contributed by atoms with Crippen LogP contribution in [0.4, 0.5) is 0 Å². The van der Waals surface area contributed by atoms with E-state index in [-0.39, 0.29) is 5.54 Å². The second kappa shape index (κ2) is 4.58. The molecule has 0 saturated heterocycles. The molecular formula is C12H20N2. The van der Waals surface area contributed by atoms with Crippen molar-refractivity contribution in [2.24, 2.45) is 11.8 Å². The van der Waals surface area contributed by atoms with E-state index in [9.17, 15) is 0 Å². The molecule has 0 aliphatic rings. The van der Waals surface area contributed by atoms with E-state index in [2.05, 4.69) is 38.3 Å². The molecule has 0 aromatic heterocycles. The first-order chi connectivity index (χ1) is 6.65. The van der Waals surface area contributed by atoms with Gasteiger partial charge in [-0.1, -0.05) is 50.6 Å². The summed E-state index contributed by atoms with van der Waals surface area (Å²) in [6.07, 6.45) is 1.11. The minimum absolute atomic E-state index is 0.129. The predicted octanol–water partition coefficient (Wildman–Crippen LogP) is 2.41. The molecule has 0 saturated carbocycles. The van der Waals surface area contributed by atoms with Gasteiger partial charge in [0, 0.05) is 0 Å². The van der Waals surface area contributed by atoms with Crippen LogP contribution in [-0.2, 0) is 5.54 Å². The Morgan fingerprint density at radius 3 is 2.36 bits per heavy atom. The molecule has 0 aliphatic carbocycles. The van der Waals surface area contributed by atoms with E-state index in [1.54, 1.807) is 0 Å². The Morgan fingerprint density at radius 2 is 1.93 bits per heavy atom. The van der Waals surface area contributed by atoms with Crippen molar-refractivity contribution < 1.29 is 0 Å². The Morgan fingerprint density at radius 1 is 1.36 bits per heavy atom. The summed E-state index contributed by atoms with van der Waals surface area (Å²) in [5, 5.41) is 0. The summed E-state index contributed by atoms with van der Waals surface area (Å²) in [7, 11) is 0. The fourth-order valence-electron chi connectivity index (χ4n) is 1.70. The molecule has 0 bridgehead atoms. The van der Waals surface area contributed by atoms with Gasteiger partial charge in [0.25, 0.3) is 0 Å². The smallest absolute Gasteiger partial charge is 0.0566 e. The second-order valence-corrected chi connectivity index (χ2v) is 4.02. The Kier molecular flexibility index (Phi) is 3.67. The van der Waals surface area contributed by atoms with E-state index >= 15 is 0 Å². The molecule has 3 N–H and O–H groups in total. The van der Waals surface area contributed by atoms with Crippen molar-refractivity contribution in [1.82, 2.24) is 5.43 Å². The standard InChI is InChI=1S/C12H20N2/c1-4-10(2)12(3,14-13)11-8-6-5-7-9-11/h5-10,14H,4,13H2,1-3H3. The molecule has 2 atom stereocenters. The molecule has 1 rings (SSSR count). The van der Waals surface area contributed by atoms with Crippen LogP contribution in [0.3, 0.4) is 0 Å². The number of nitrogens with two attached hydrogens (primary N) is 1. The maximum absolute atomic E-state index is 5.67. The third kappa shape index (κ3) is 1.97. The van der Waals surface area contributed by atoms with Gasteiger partial charge in [0.2, 0.25) is 0 Å². The van der Waals surface area contributed by atoms with Crippen molar-refractivity contribution in [2.45, 2.75) is 32.7 Å². The van der Waals surface area contributed by atoms with Crippen LogP contribution < -0.4 is 11.3 Å². The largest absolute Gasteiger partial charge is 0.271 e. The average molecular weight is 192 g/mol. The number of hydrogen-bond donors (Lipinski definition) is 2. The molecular weight excluding hydrogens is 172 g/mol. The molecule has 14 heavy (non-hydrogen) atoms. The van der Waals surface area contributed by atoms with E-state index in [0.717, 1.165) is 6.42 Å². The summed E-state index contributed by atoms with van der Waals surface area (Å²) >= 11 is 0. The molecule has 1 aromatic carbocycles. The molecule has 0 fully saturated rings. The highest BCUT2D eigenvalue weighted by molar-refractivity contribution is 5.24. The molecule has 0 aliphatic heterocycles. The quantitative estimate of drug-likeness (QED) is 0.568. The van der Waals surface area contributed by atoms with Crippen molar-refractivity contribution in [3.63, 3.8) is 0 Å². The van der Waals surface area contributed by atoms with Crippen molar-refractivity contribution in [3.8, 4) is 0 Å². The number of hydrazine groups is 1. The Balaban J connectivity index is 3.01. The van der Waals surface area contributed by atoms with Crippen LogP contribution in [-0.4, -0.2) is 0 Å². The summed E-state index contributed by atoms with van der Waals surface area (Å²) in [4.78, 5) is 0. The van der Waals surface area contributed by atoms with Gasteiger partial charge in [0.05, 0.1) is 5.54 Å². The zero-order valence-corrected chi connectivity index (χ0v) is 9.25. The third-order valence-electron chi connectivity index (χ3n) is 3.27. The highest BCUT2D eigenvalue weighted by Gasteiger charge is 2.30. The van der Waals surface area contributed by atoms with Gasteiger partial charge in [-0.2, -0.15) is 0 Å². The predicted molar refractivity (Wildman–Crippen MR) is 60.6 cm³/mol. The summed E-state index contributed by atoms with van der Waals surface area (Å²) < 4.78 is 0. The van der Waals surface area contributed by atoms with Gasteiger partial charge in [-0.15, -0.1) is 0 Å². The van der Waals surface area contributed by atoms with Crippen molar-refractivity contribution in [2.75, 3.05) is 0 Å². The van der Waals surface area contributed by atoms with E-state index in [4.69, 9.17) is 5.84 Å². The summed E-state index contributed by atoms with van der Waals surface area (Å²) in [6.45, 7) is 6.55. The SMILES string of the molecule is CCC(C)C(C)(NN)c1ccccc1. The molecule has 0 heterocycles. The van der Waals surface area contributed by atoms with Crippen molar-refractivity contribution in [3.05, 3.63) is 35.9 Å². The Bertz CT molecular complexity index is 271. The molecule has 2 nitrogen and oxygen atoms in total. The zero-order valence-electron chi connectivity index (χ0n) is 9.25. The second-order valence-electron chi connectivity index (χ2n) is 4.02. The van der Waals surface area contributed by atoms with Crippen LogP contribution >= 0.6 is 0 Å². The molecule has 2 unspecified atom stereocenters. The maximum Gasteiger partial charge on any atom is 0.0566 e. The van der Waals surface area contributed by atoms with E-state index < -0.39 is 0 Å². The van der Waals surface area contributed by atoms with Gasteiger partial charge in [-0.05, 0) is 18.4 Å². The highest BCUT2D eigenvalue weighted by atomic mass is 15.3. The minimum atomic E-state index is -0.129. The van der Waals surface area contributed by atoms with Crippen LogP contribution in [0, 0.1) is 5.92 Å². The monoisotopic (exact) mass is 192 g/mol. The van der Waals surface area contributed by atoms with Crippen molar-refractivity contribution in [1.29, 1.82) is 0 Å². The third-order valence-corrected chi connectivity index (χ3v) is 3.27. The molecule has 2 heteroatoms. The van der Waals surface area contributed by atoms with E-state index in [1.165, 1.54) is 5.56 Å². The number of benzene rings is 1. The zero-order chi connectivity index (χ0) is 10.6. The average Bonchev–Trinajstić information content (AvgIpc) is 2.28. The molecule has 0 radical (unpaired) electrons. The lowest BCUT2D eigenvalue weighted by Crippen LogP contribution is -2.48. The number of nitrogens with one attached hydrogen (secondary N) is 1. The van der Waals surface area contributed by atoms with Crippen LogP contribution in [0.25, 0.3) is 0 Å². The van der Waals surface area contributed by atoms with Gasteiger partial charge in [0.15, 0.2) is 0 Å². The first-order valence-electron chi connectivity index (χ1n) is 5.18. The van der Waals surface area contributed by atoms with Crippen molar-refractivity contribution >= 4 is 0 Å². The Hall–Kier alpha value is -0.860. The lowest BCUT2D eigenvalue weighted by molar-refractivity contribution is 0.245. The lowest BCUT2D eigenvalue weighted by atomic mass is 9.80. The van der Waals surface area contributed by atoms with Gasteiger partial charge < -0.3 is 0 Å². The van der Waals surface area contributed by atoms with Gasteiger partial charge in [-0.25, -0.2) is 5.43 Å². The summed E-state index contributed by atoms with van der Waals surface area (Å²) in [5.41, 5.74) is 4.06. The van der Waals surface area contributed by atoms with Crippen LogP contribution in [0.15, 0.2) is 30.3 Å². The number of hydrogen-bond acceptors (Lipinski definition) is 2.